The summed E-state index contributed by atoms with van der Waals surface area (Å²) in [6.45, 7) is 4.72. The highest BCUT2D eigenvalue weighted by atomic mass is 32.2. The van der Waals surface area contributed by atoms with Gasteiger partial charge in [0.25, 0.3) is 5.91 Å². The summed E-state index contributed by atoms with van der Waals surface area (Å²) < 4.78 is 0. The number of benzene rings is 2. The topological polar surface area (TPSA) is 78.1 Å². The number of rotatable bonds is 5. The van der Waals surface area contributed by atoms with Gasteiger partial charge >= 0.3 is 0 Å². The van der Waals surface area contributed by atoms with Crippen LogP contribution in [-0.4, -0.2) is 28.9 Å². The summed E-state index contributed by atoms with van der Waals surface area (Å²) in [5.41, 5.74) is 8.10. The molecule has 1 aromatic heterocycles. The molecule has 1 amide bonds. The van der Waals surface area contributed by atoms with Crippen LogP contribution in [0, 0.1) is 17.2 Å². The number of aromatic nitrogens is 1. The lowest BCUT2D eigenvalue weighted by Gasteiger charge is -2.26. The predicted octanol–water partition coefficient (Wildman–Crippen LogP) is 5.92. The molecule has 1 unspecified atom stereocenters. The van der Waals surface area contributed by atoms with Gasteiger partial charge in [0, 0.05) is 23.6 Å². The average molecular weight is 479 g/mol. The molecule has 0 bridgehead atoms. The van der Waals surface area contributed by atoms with Gasteiger partial charge in [-0.15, -0.1) is 11.8 Å². The first-order valence-electron chi connectivity index (χ1n) is 11.8. The number of nitrogens with one attached hydrogen (secondary N) is 1. The number of allylic oxidation sites excluding steroid dienone is 2. The van der Waals surface area contributed by atoms with Crippen molar-refractivity contribution in [2.45, 2.75) is 26.7 Å². The highest BCUT2D eigenvalue weighted by Gasteiger charge is 2.24. The molecule has 6 heteroatoms. The van der Waals surface area contributed by atoms with Crippen molar-refractivity contribution in [2.24, 2.45) is 10.9 Å². The molecule has 2 aliphatic heterocycles. The smallest absolute Gasteiger partial charge is 0.256 e. The Bertz CT molecular complexity index is 1440. The van der Waals surface area contributed by atoms with Crippen molar-refractivity contribution in [3.63, 3.8) is 0 Å². The van der Waals surface area contributed by atoms with E-state index in [0.29, 0.717) is 17.7 Å². The van der Waals surface area contributed by atoms with Gasteiger partial charge in [0.2, 0.25) is 0 Å². The lowest BCUT2D eigenvalue weighted by atomic mass is 9.88. The molecule has 174 valence electrons. The van der Waals surface area contributed by atoms with E-state index in [-0.39, 0.29) is 11.8 Å². The number of thioether (sulfide) groups is 1. The molecule has 1 N–H and O–H groups in total. The van der Waals surface area contributed by atoms with Gasteiger partial charge in [-0.1, -0.05) is 30.3 Å². The van der Waals surface area contributed by atoms with E-state index in [9.17, 15) is 4.79 Å². The standard InChI is InChI=1S/C29H26N4OS/c1-18-23(13-20-7-9-21(15-30)10-8-20)16-31-19(2)28(18)33-29(34)25-14-27(22-11-12-35-17-22)32-26-6-4-3-5-24(25)26/h3-10,14,17,23H,11-13,16H2,1-2H3,(H,33,34). The van der Waals surface area contributed by atoms with Gasteiger partial charge in [-0.05, 0) is 73.1 Å². The van der Waals surface area contributed by atoms with Crippen molar-refractivity contribution in [3.8, 4) is 6.07 Å². The monoisotopic (exact) mass is 478 g/mol. The zero-order chi connectivity index (χ0) is 24.4. The van der Waals surface area contributed by atoms with Crippen LogP contribution in [0.3, 0.4) is 0 Å². The molecule has 1 atom stereocenters. The van der Waals surface area contributed by atoms with Crippen molar-refractivity contribution >= 4 is 39.9 Å². The molecule has 0 saturated heterocycles. The van der Waals surface area contributed by atoms with Crippen LogP contribution in [0.1, 0.15) is 47.4 Å². The number of hydrogen-bond donors (Lipinski definition) is 1. The normalized spacial score (nSPS) is 17.7. The maximum Gasteiger partial charge on any atom is 0.256 e. The SMILES string of the molecule is CC1=NCC(Cc2ccc(C#N)cc2)C(C)=C1NC(=O)c1cc(C2=CSCC2)nc2ccccc12. The van der Waals surface area contributed by atoms with Gasteiger partial charge in [-0.25, -0.2) is 4.98 Å². The minimum absolute atomic E-state index is 0.140. The minimum Gasteiger partial charge on any atom is -0.320 e. The largest absolute Gasteiger partial charge is 0.320 e. The van der Waals surface area contributed by atoms with Crippen molar-refractivity contribution in [3.05, 3.63) is 93.7 Å². The second-order valence-electron chi connectivity index (χ2n) is 8.98. The first-order valence-corrected chi connectivity index (χ1v) is 12.8. The molecule has 0 aliphatic carbocycles. The highest BCUT2D eigenvalue weighted by molar-refractivity contribution is 8.02. The predicted molar refractivity (Wildman–Crippen MR) is 143 cm³/mol. The third-order valence-electron chi connectivity index (χ3n) is 6.73. The number of pyridine rings is 1. The molecule has 0 fully saturated rings. The third kappa shape index (κ3) is 4.78. The molecule has 0 saturated carbocycles. The van der Waals surface area contributed by atoms with Gasteiger partial charge in [-0.2, -0.15) is 5.26 Å². The van der Waals surface area contributed by atoms with Gasteiger partial charge in [-0.3, -0.25) is 9.79 Å². The Kier molecular flexibility index (Phi) is 6.52. The Hall–Kier alpha value is -3.69. The highest BCUT2D eigenvalue weighted by Crippen LogP contribution is 2.32. The summed E-state index contributed by atoms with van der Waals surface area (Å²) in [6.07, 6.45) is 1.77. The van der Waals surface area contributed by atoms with E-state index in [1.807, 2.05) is 61.5 Å². The van der Waals surface area contributed by atoms with Crippen molar-refractivity contribution in [2.75, 3.05) is 12.3 Å². The zero-order valence-corrected chi connectivity index (χ0v) is 20.7. The van der Waals surface area contributed by atoms with E-state index in [2.05, 4.69) is 23.7 Å². The van der Waals surface area contributed by atoms with E-state index in [1.165, 1.54) is 5.57 Å². The minimum atomic E-state index is -0.140. The van der Waals surface area contributed by atoms with Crippen molar-refractivity contribution in [1.29, 1.82) is 5.26 Å². The Morgan fingerprint density at radius 2 is 1.97 bits per heavy atom. The quantitative estimate of drug-likeness (QED) is 0.494. The number of hydrogen-bond acceptors (Lipinski definition) is 5. The number of nitrogens with zero attached hydrogens (tertiary/aromatic N) is 3. The molecule has 3 aromatic rings. The number of fused-ring (bicyclic) bond motifs is 1. The molecule has 2 aromatic carbocycles. The van der Waals surface area contributed by atoms with Crippen LogP contribution in [-0.2, 0) is 6.42 Å². The van der Waals surface area contributed by atoms with E-state index >= 15 is 0 Å². The molecule has 0 spiro atoms. The maximum absolute atomic E-state index is 13.6. The fourth-order valence-electron chi connectivity index (χ4n) is 4.64. The third-order valence-corrected chi connectivity index (χ3v) is 7.62. The Labute approximate surface area is 209 Å². The van der Waals surface area contributed by atoms with Crippen LogP contribution in [0.5, 0.6) is 0 Å². The molecular weight excluding hydrogens is 452 g/mol. The van der Waals surface area contributed by atoms with Crippen LogP contribution in [0.4, 0.5) is 0 Å². The van der Waals surface area contributed by atoms with Crippen LogP contribution < -0.4 is 5.32 Å². The van der Waals surface area contributed by atoms with E-state index in [1.54, 1.807) is 11.8 Å². The number of carbonyl (C=O) groups is 1. The number of carbonyl (C=O) groups excluding carboxylic acids is 1. The fourth-order valence-corrected chi connectivity index (χ4v) is 5.54. The van der Waals surface area contributed by atoms with Crippen LogP contribution in [0.25, 0.3) is 16.5 Å². The van der Waals surface area contributed by atoms with Gasteiger partial charge in [0.15, 0.2) is 0 Å². The lowest BCUT2D eigenvalue weighted by molar-refractivity contribution is 0.0968. The molecule has 35 heavy (non-hydrogen) atoms. The molecule has 3 heterocycles. The Balaban J connectivity index is 1.45. The maximum atomic E-state index is 13.6. The number of dihydropyridines is 1. The van der Waals surface area contributed by atoms with Gasteiger partial charge in [0.05, 0.1) is 39.8 Å². The van der Waals surface area contributed by atoms with E-state index in [4.69, 9.17) is 15.2 Å². The summed E-state index contributed by atoms with van der Waals surface area (Å²) in [7, 11) is 0. The van der Waals surface area contributed by atoms with Gasteiger partial charge < -0.3 is 5.32 Å². The van der Waals surface area contributed by atoms with Crippen molar-refractivity contribution < 1.29 is 4.79 Å². The zero-order valence-electron chi connectivity index (χ0n) is 19.8. The van der Waals surface area contributed by atoms with Crippen LogP contribution in [0.15, 0.2) is 76.3 Å². The number of aliphatic imine (C=N–C) groups is 1. The molecular formula is C29H26N4OS. The average Bonchev–Trinajstić information content (AvgIpc) is 3.43. The second kappa shape index (κ2) is 9.89. The number of nitriles is 1. The molecule has 0 radical (unpaired) electrons. The number of amides is 1. The summed E-state index contributed by atoms with van der Waals surface area (Å²) in [5, 5.41) is 15.2. The molecule has 2 aliphatic rings. The molecule has 5 rings (SSSR count). The van der Waals surface area contributed by atoms with Crippen LogP contribution >= 0.6 is 11.8 Å². The fraction of sp³-hybridized carbons (Fsp3) is 0.241. The number of para-hydroxylation sites is 1. The Morgan fingerprint density at radius 3 is 2.71 bits per heavy atom. The van der Waals surface area contributed by atoms with E-state index in [0.717, 1.165) is 57.7 Å². The first kappa shape index (κ1) is 23.1. The van der Waals surface area contributed by atoms with E-state index < -0.39 is 0 Å². The van der Waals surface area contributed by atoms with Gasteiger partial charge in [0.1, 0.15) is 0 Å². The van der Waals surface area contributed by atoms with Crippen molar-refractivity contribution in [1.82, 2.24) is 10.3 Å². The summed E-state index contributed by atoms with van der Waals surface area (Å²) in [6, 6.07) is 19.6. The summed E-state index contributed by atoms with van der Waals surface area (Å²) in [4.78, 5) is 23.2. The second-order valence-corrected chi connectivity index (χ2v) is 9.96. The lowest BCUT2D eigenvalue weighted by Crippen LogP contribution is -2.32. The molecule has 5 nitrogen and oxygen atoms in total. The summed E-state index contributed by atoms with van der Waals surface area (Å²) >= 11 is 1.79. The first-order chi connectivity index (χ1) is 17.0. The summed E-state index contributed by atoms with van der Waals surface area (Å²) in [5.74, 6) is 1.10. The Morgan fingerprint density at radius 1 is 1.17 bits per heavy atom. The van der Waals surface area contributed by atoms with Crippen LogP contribution in [0.2, 0.25) is 0 Å².